The highest BCUT2D eigenvalue weighted by Gasteiger charge is 2.44. The van der Waals surface area contributed by atoms with Crippen LogP contribution in [-0.2, 0) is 0 Å². The first kappa shape index (κ1) is 13.1. The monoisotopic (exact) mass is 251 g/mol. The number of rotatable bonds is 4. The molecule has 2 aliphatic rings. The fraction of sp³-hybridized carbons (Fsp3) is 1.00. The lowest BCUT2D eigenvalue weighted by Crippen LogP contribution is -2.55. The normalized spacial score (nSPS) is 26.1. The number of hydrogen-bond acceptors (Lipinski definition) is 3. The van der Waals surface area contributed by atoms with Gasteiger partial charge in [-0.05, 0) is 25.8 Å². The van der Waals surface area contributed by atoms with E-state index >= 15 is 0 Å². The number of hydrogen-bond donors (Lipinski definition) is 1. The van der Waals surface area contributed by atoms with E-state index in [9.17, 15) is 13.2 Å². The van der Waals surface area contributed by atoms with Crippen LogP contribution in [0.4, 0.5) is 13.2 Å². The standard InChI is InChI=1S/C11H20F3N3/c12-11(13,14)10(3-4-15)17-7-5-16(6-8-17)9-1-2-9/h9-10H,1-8,15H2. The van der Waals surface area contributed by atoms with Gasteiger partial charge in [-0.15, -0.1) is 0 Å². The van der Waals surface area contributed by atoms with Crippen molar-refractivity contribution < 1.29 is 13.2 Å². The topological polar surface area (TPSA) is 32.5 Å². The van der Waals surface area contributed by atoms with Crippen molar-refractivity contribution in [1.29, 1.82) is 0 Å². The molecule has 0 aromatic heterocycles. The van der Waals surface area contributed by atoms with Gasteiger partial charge in [0.25, 0.3) is 0 Å². The van der Waals surface area contributed by atoms with Crippen molar-refractivity contribution in [1.82, 2.24) is 9.80 Å². The van der Waals surface area contributed by atoms with Gasteiger partial charge in [0.2, 0.25) is 0 Å². The highest BCUT2D eigenvalue weighted by Crippen LogP contribution is 2.31. The summed E-state index contributed by atoms with van der Waals surface area (Å²) in [4.78, 5) is 3.86. The molecule has 2 N–H and O–H groups in total. The summed E-state index contributed by atoms with van der Waals surface area (Å²) in [6.45, 7) is 2.65. The average molecular weight is 251 g/mol. The van der Waals surface area contributed by atoms with E-state index in [0.717, 1.165) is 13.1 Å². The Hall–Kier alpha value is -0.330. The first-order chi connectivity index (χ1) is 8.02. The van der Waals surface area contributed by atoms with Gasteiger partial charge in [-0.3, -0.25) is 9.80 Å². The Labute approximate surface area is 99.7 Å². The lowest BCUT2D eigenvalue weighted by Gasteiger charge is -2.40. The second-order valence-electron chi connectivity index (χ2n) is 4.94. The molecule has 2 rings (SSSR count). The molecule has 2 fully saturated rings. The average Bonchev–Trinajstić information content (AvgIpc) is 3.08. The van der Waals surface area contributed by atoms with Crippen LogP contribution >= 0.6 is 0 Å². The Bertz CT molecular complexity index is 245. The fourth-order valence-corrected chi connectivity index (χ4v) is 2.57. The van der Waals surface area contributed by atoms with E-state index in [1.165, 1.54) is 12.8 Å². The Morgan fingerprint density at radius 2 is 1.71 bits per heavy atom. The van der Waals surface area contributed by atoms with Gasteiger partial charge in [-0.1, -0.05) is 0 Å². The second-order valence-corrected chi connectivity index (χ2v) is 4.94. The molecule has 0 aromatic rings. The van der Waals surface area contributed by atoms with Gasteiger partial charge in [0.1, 0.15) is 6.04 Å². The number of alkyl halides is 3. The first-order valence-corrected chi connectivity index (χ1v) is 6.27. The van der Waals surface area contributed by atoms with Gasteiger partial charge in [0, 0.05) is 32.2 Å². The van der Waals surface area contributed by atoms with Gasteiger partial charge in [-0.2, -0.15) is 13.2 Å². The molecule has 1 aliphatic heterocycles. The molecule has 1 atom stereocenters. The van der Waals surface area contributed by atoms with Crippen molar-refractivity contribution in [3.63, 3.8) is 0 Å². The maximum absolute atomic E-state index is 12.8. The van der Waals surface area contributed by atoms with Crippen LogP contribution < -0.4 is 5.73 Å². The van der Waals surface area contributed by atoms with E-state index in [-0.39, 0.29) is 13.0 Å². The zero-order chi connectivity index (χ0) is 12.5. The van der Waals surface area contributed by atoms with Gasteiger partial charge >= 0.3 is 6.18 Å². The minimum atomic E-state index is -4.15. The Kier molecular flexibility index (Phi) is 3.95. The molecule has 1 aliphatic carbocycles. The van der Waals surface area contributed by atoms with Crippen LogP contribution in [0.1, 0.15) is 19.3 Å². The summed E-state index contributed by atoms with van der Waals surface area (Å²) >= 11 is 0. The van der Waals surface area contributed by atoms with Crippen molar-refractivity contribution in [2.24, 2.45) is 5.73 Å². The van der Waals surface area contributed by atoms with E-state index in [1.54, 1.807) is 4.90 Å². The van der Waals surface area contributed by atoms with Crippen LogP contribution in [-0.4, -0.2) is 60.8 Å². The number of nitrogens with two attached hydrogens (primary N) is 1. The molecule has 0 amide bonds. The molecule has 1 unspecified atom stereocenters. The summed E-state index contributed by atoms with van der Waals surface area (Å²) in [7, 11) is 0. The molecular weight excluding hydrogens is 231 g/mol. The molecule has 3 nitrogen and oxygen atoms in total. The lowest BCUT2D eigenvalue weighted by atomic mass is 10.1. The molecule has 0 radical (unpaired) electrons. The Morgan fingerprint density at radius 3 is 2.12 bits per heavy atom. The zero-order valence-corrected chi connectivity index (χ0v) is 9.92. The predicted octanol–water partition coefficient (Wildman–Crippen LogP) is 1.05. The molecular formula is C11H20F3N3. The minimum absolute atomic E-state index is 0.00687. The molecule has 17 heavy (non-hydrogen) atoms. The van der Waals surface area contributed by atoms with Gasteiger partial charge in [-0.25, -0.2) is 0 Å². The maximum atomic E-state index is 12.8. The molecule has 1 heterocycles. The van der Waals surface area contributed by atoms with E-state index < -0.39 is 12.2 Å². The SMILES string of the molecule is NCCC(N1CCN(C2CC2)CC1)C(F)(F)F. The molecule has 6 heteroatoms. The minimum Gasteiger partial charge on any atom is -0.330 e. The van der Waals surface area contributed by atoms with Crippen LogP contribution in [0, 0.1) is 0 Å². The Balaban J connectivity index is 1.87. The first-order valence-electron chi connectivity index (χ1n) is 6.27. The quantitative estimate of drug-likeness (QED) is 0.810. The van der Waals surface area contributed by atoms with E-state index in [0.29, 0.717) is 19.1 Å². The summed E-state index contributed by atoms with van der Waals surface area (Å²) in [6, 6.07) is -0.704. The fourth-order valence-electron chi connectivity index (χ4n) is 2.57. The van der Waals surface area contributed by atoms with Crippen LogP contribution in [0.15, 0.2) is 0 Å². The highest BCUT2D eigenvalue weighted by molar-refractivity contribution is 4.90. The highest BCUT2D eigenvalue weighted by atomic mass is 19.4. The van der Waals surface area contributed by atoms with Crippen molar-refractivity contribution in [3.05, 3.63) is 0 Å². The molecule has 0 bridgehead atoms. The summed E-state index contributed by atoms with van der Waals surface area (Å²) in [5.41, 5.74) is 5.28. The molecule has 100 valence electrons. The van der Waals surface area contributed by atoms with Crippen molar-refractivity contribution >= 4 is 0 Å². The molecule has 0 aromatic carbocycles. The zero-order valence-electron chi connectivity index (χ0n) is 9.92. The number of halogens is 3. The molecule has 0 spiro atoms. The van der Waals surface area contributed by atoms with Gasteiger partial charge < -0.3 is 5.73 Å². The summed E-state index contributed by atoms with van der Waals surface area (Å²) in [5, 5.41) is 0. The molecule has 1 saturated heterocycles. The van der Waals surface area contributed by atoms with Crippen molar-refractivity contribution in [2.45, 2.75) is 37.5 Å². The van der Waals surface area contributed by atoms with Crippen LogP contribution in [0.5, 0.6) is 0 Å². The van der Waals surface area contributed by atoms with Crippen LogP contribution in [0.25, 0.3) is 0 Å². The summed E-state index contributed by atoms with van der Waals surface area (Å²) < 4.78 is 38.5. The summed E-state index contributed by atoms with van der Waals surface area (Å²) in [5.74, 6) is 0. The van der Waals surface area contributed by atoms with Gasteiger partial charge in [0.05, 0.1) is 0 Å². The largest absolute Gasteiger partial charge is 0.404 e. The van der Waals surface area contributed by atoms with Crippen molar-refractivity contribution in [3.8, 4) is 0 Å². The third kappa shape index (κ3) is 3.33. The smallest absolute Gasteiger partial charge is 0.330 e. The Morgan fingerprint density at radius 1 is 1.12 bits per heavy atom. The number of piperazine rings is 1. The van der Waals surface area contributed by atoms with Crippen LogP contribution in [0.3, 0.4) is 0 Å². The van der Waals surface area contributed by atoms with Gasteiger partial charge in [0.15, 0.2) is 0 Å². The third-order valence-corrected chi connectivity index (χ3v) is 3.67. The maximum Gasteiger partial charge on any atom is 0.404 e. The van der Waals surface area contributed by atoms with E-state index in [2.05, 4.69) is 4.90 Å². The van der Waals surface area contributed by atoms with E-state index in [1.807, 2.05) is 0 Å². The predicted molar refractivity (Wildman–Crippen MR) is 59.7 cm³/mol. The lowest BCUT2D eigenvalue weighted by molar-refractivity contribution is -0.189. The van der Waals surface area contributed by atoms with Crippen molar-refractivity contribution in [2.75, 3.05) is 32.7 Å². The third-order valence-electron chi connectivity index (χ3n) is 3.67. The molecule has 1 saturated carbocycles. The second kappa shape index (κ2) is 5.12. The van der Waals surface area contributed by atoms with Crippen LogP contribution in [0.2, 0.25) is 0 Å². The number of nitrogens with zero attached hydrogens (tertiary/aromatic N) is 2. The summed E-state index contributed by atoms with van der Waals surface area (Å²) in [6.07, 6.45) is -1.72. The van der Waals surface area contributed by atoms with E-state index in [4.69, 9.17) is 5.73 Å².